The average molecular weight is 505 g/mol. The van der Waals surface area contributed by atoms with Crippen molar-refractivity contribution in [2.75, 3.05) is 6.54 Å². The third-order valence-corrected chi connectivity index (χ3v) is 6.50. The highest BCUT2D eigenvalue weighted by Crippen LogP contribution is 2.14. The number of nitrogens with one attached hydrogen (secondary N) is 4. The van der Waals surface area contributed by atoms with Crippen molar-refractivity contribution in [2.45, 2.75) is 84.0 Å². The number of benzene rings is 1. The molecule has 1 aliphatic rings. The van der Waals surface area contributed by atoms with Crippen molar-refractivity contribution < 1.29 is 29.4 Å². The molecule has 1 aliphatic heterocycles. The molecule has 2 rings (SSSR count). The van der Waals surface area contributed by atoms with E-state index in [-0.39, 0.29) is 42.4 Å². The fourth-order valence-electron chi connectivity index (χ4n) is 4.17. The Balaban J connectivity index is 2.23. The normalized spacial score (nSPS) is 18.6. The van der Waals surface area contributed by atoms with Gasteiger partial charge < -0.3 is 31.5 Å². The van der Waals surface area contributed by atoms with Crippen LogP contribution in [0, 0.1) is 11.8 Å². The summed E-state index contributed by atoms with van der Waals surface area (Å²) in [5, 5.41) is 30.4. The maximum Gasteiger partial charge on any atom is 0.326 e. The predicted octanol–water partition coefficient (Wildman–Crippen LogP) is 1.32. The smallest absolute Gasteiger partial charge is 0.326 e. The Labute approximate surface area is 212 Å². The number of hydrogen-bond donors (Lipinski definition) is 6. The number of aromatic hydroxyl groups is 1. The lowest BCUT2D eigenvalue weighted by atomic mass is 9.96. The maximum absolute atomic E-state index is 13.4. The first-order chi connectivity index (χ1) is 17.0. The number of phenols is 1. The maximum atomic E-state index is 13.4. The van der Waals surface area contributed by atoms with Crippen molar-refractivity contribution in [1.29, 1.82) is 0 Å². The molecular formula is C26H40N4O6. The van der Waals surface area contributed by atoms with Crippen LogP contribution in [-0.2, 0) is 25.6 Å². The first kappa shape index (κ1) is 29.1. The summed E-state index contributed by atoms with van der Waals surface area (Å²) >= 11 is 0. The van der Waals surface area contributed by atoms with Gasteiger partial charge in [-0.15, -0.1) is 0 Å². The molecule has 0 aromatic heterocycles. The Kier molecular flexibility index (Phi) is 11.2. The SMILES string of the molecule is CCC(C)C(NC(=O)C1CCCN1)C(=O)NC(Cc1ccc(O)cc1)C(=O)NC(CC(C)C)C(=O)O. The fourth-order valence-corrected chi connectivity index (χ4v) is 4.17. The van der Waals surface area contributed by atoms with Crippen LogP contribution in [0.2, 0.25) is 0 Å². The molecule has 0 saturated carbocycles. The van der Waals surface area contributed by atoms with E-state index in [0.29, 0.717) is 18.4 Å². The topological polar surface area (TPSA) is 157 Å². The van der Waals surface area contributed by atoms with E-state index >= 15 is 0 Å². The number of hydrogen-bond acceptors (Lipinski definition) is 6. The van der Waals surface area contributed by atoms with E-state index in [2.05, 4.69) is 21.3 Å². The molecule has 5 atom stereocenters. The minimum Gasteiger partial charge on any atom is -0.508 e. The molecule has 0 bridgehead atoms. The molecule has 1 aromatic carbocycles. The van der Waals surface area contributed by atoms with Gasteiger partial charge in [-0.3, -0.25) is 14.4 Å². The molecule has 5 unspecified atom stereocenters. The lowest BCUT2D eigenvalue weighted by Crippen LogP contribution is -2.59. The van der Waals surface area contributed by atoms with Crippen LogP contribution in [0.15, 0.2) is 24.3 Å². The van der Waals surface area contributed by atoms with E-state index in [1.54, 1.807) is 12.1 Å². The van der Waals surface area contributed by atoms with E-state index in [9.17, 15) is 29.4 Å². The van der Waals surface area contributed by atoms with Crippen molar-refractivity contribution >= 4 is 23.7 Å². The highest BCUT2D eigenvalue weighted by molar-refractivity contribution is 5.94. The fraction of sp³-hybridized carbons (Fsp3) is 0.615. The number of carboxylic acids is 1. The van der Waals surface area contributed by atoms with Crippen molar-refractivity contribution in [3.8, 4) is 5.75 Å². The van der Waals surface area contributed by atoms with E-state index < -0.39 is 35.9 Å². The minimum atomic E-state index is -1.15. The second-order valence-corrected chi connectivity index (χ2v) is 9.98. The summed E-state index contributed by atoms with van der Waals surface area (Å²) < 4.78 is 0. The first-order valence-electron chi connectivity index (χ1n) is 12.7. The van der Waals surface area contributed by atoms with Gasteiger partial charge in [-0.25, -0.2) is 4.79 Å². The molecule has 1 saturated heterocycles. The van der Waals surface area contributed by atoms with Crippen LogP contribution in [0.1, 0.15) is 58.9 Å². The number of carboxylic acid groups (broad SMARTS) is 1. The quantitative estimate of drug-likeness (QED) is 0.236. The molecule has 0 aliphatic carbocycles. The molecule has 10 heteroatoms. The molecule has 10 nitrogen and oxygen atoms in total. The van der Waals surface area contributed by atoms with Crippen LogP contribution in [0.3, 0.4) is 0 Å². The van der Waals surface area contributed by atoms with Crippen LogP contribution in [-0.4, -0.2) is 64.6 Å². The number of aliphatic carboxylic acids is 1. The molecule has 6 N–H and O–H groups in total. The van der Waals surface area contributed by atoms with Gasteiger partial charge in [-0.1, -0.05) is 46.2 Å². The highest BCUT2D eigenvalue weighted by Gasteiger charge is 2.33. The third kappa shape index (κ3) is 8.82. The summed E-state index contributed by atoms with van der Waals surface area (Å²) in [6.45, 7) is 8.22. The van der Waals surface area contributed by atoms with Crippen LogP contribution < -0.4 is 21.3 Å². The lowest BCUT2D eigenvalue weighted by Gasteiger charge is -2.28. The number of phenolic OH excluding ortho intramolecular Hbond substituents is 1. The molecule has 0 radical (unpaired) electrons. The monoisotopic (exact) mass is 504 g/mol. The molecule has 200 valence electrons. The summed E-state index contributed by atoms with van der Waals surface area (Å²) in [6, 6.07) is 2.82. The van der Waals surface area contributed by atoms with Crippen molar-refractivity contribution in [3.05, 3.63) is 29.8 Å². The van der Waals surface area contributed by atoms with Gasteiger partial charge in [-0.05, 0) is 55.3 Å². The molecule has 36 heavy (non-hydrogen) atoms. The number of carbonyl (C=O) groups excluding carboxylic acids is 3. The summed E-state index contributed by atoms with van der Waals surface area (Å²) in [6.07, 6.45) is 2.52. The molecule has 1 aromatic rings. The Hall–Kier alpha value is -3.14. The van der Waals surface area contributed by atoms with E-state index in [1.807, 2.05) is 27.7 Å². The van der Waals surface area contributed by atoms with Gasteiger partial charge in [0.2, 0.25) is 17.7 Å². The third-order valence-electron chi connectivity index (χ3n) is 6.50. The summed E-state index contributed by atoms with van der Waals surface area (Å²) in [5.41, 5.74) is 0.670. The Morgan fingerprint density at radius 3 is 2.17 bits per heavy atom. The van der Waals surface area contributed by atoms with Crippen LogP contribution in [0.5, 0.6) is 5.75 Å². The average Bonchev–Trinajstić information content (AvgIpc) is 3.37. The van der Waals surface area contributed by atoms with E-state index in [4.69, 9.17) is 0 Å². The molecule has 0 spiro atoms. The van der Waals surface area contributed by atoms with Gasteiger partial charge in [0.05, 0.1) is 6.04 Å². The van der Waals surface area contributed by atoms with Crippen molar-refractivity contribution in [2.24, 2.45) is 11.8 Å². The van der Waals surface area contributed by atoms with Gasteiger partial charge in [-0.2, -0.15) is 0 Å². The van der Waals surface area contributed by atoms with Gasteiger partial charge in [0.15, 0.2) is 0 Å². The second kappa shape index (κ2) is 13.8. The molecule has 3 amide bonds. The molecule has 1 fully saturated rings. The largest absolute Gasteiger partial charge is 0.508 e. The minimum absolute atomic E-state index is 0.0331. The van der Waals surface area contributed by atoms with Gasteiger partial charge >= 0.3 is 5.97 Å². The Morgan fingerprint density at radius 1 is 1.00 bits per heavy atom. The van der Waals surface area contributed by atoms with Crippen molar-refractivity contribution in [1.82, 2.24) is 21.3 Å². The van der Waals surface area contributed by atoms with Crippen LogP contribution >= 0.6 is 0 Å². The van der Waals surface area contributed by atoms with E-state index in [0.717, 1.165) is 13.0 Å². The van der Waals surface area contributed by atoms with Crippen molar-refractivity contribution in [3.63, 3.8) is 0 Å². The van der Waals surface area contributed by atoms with Gasteiger partial charge in [0.25, 0.3) is 0 Å². The van der Waals surface area contributed by atoms with Gasteiger partial charge in [0, 0.05) is 6.42 Å². The summed E-state index contributed by atoms with van der Waals surface area (Å²) in [4.78, 5) is 51.0. The Morgan fingerprint density at radius 2 is 1.64 bits per heavy atom. The zero-order valence-corrected chi connectivity index (χ0v) is 21.5. The van der Waals surface area contributed by atoms with Crippen LogP contribution in [0.4, 0.5) is 0 Å². The summed E-state index contributed by atoms with van der Waals surface area (Å²) in [5.74, 6) is -2.64. The zero-order valence-electron chi connectivity index (χ0n) is 21.5. The lowest BCUT2D eigenvalue weighted by molar-refractivity contribution is -0.142. The predicted molar refractivity (Wildman–Crippen MR) is 135 cm³/mol. The van der Waals surface area contributed by atoms with E-state index in [1.165, 1.54) is 12.1 Å². The highest BCUT2D eigenvalue weighted by atomic mass is 16.4. The van der Waals surface area contributed by atoms with Gasteiger partial charge in [0.1, 0.15) is 23.9 Å². The molecule has 1 heterocycles. The number of amides is 3. The number of carbonyl (C=O) groups is 4. The van der Waals surface area contributed by atoms with Crippen LogP contribution in [0.25, 0.3) is 0 Å². The Bertz CT molecular complexity index is 898. The zero-order chi connectivity index (χ0) is 26.8. The second-order valence-electron chi connectivity index (χ2n) is 9.98. The summed E-state index contributed by atoms with van der Waals surface area (Å²) in [7, 11) is 0. The first-order valence-corrected chi connectivity index (χ1v) is 12.7. The number of rotatable bonds is 13. The standard InChI is InChI=1S/C26H40N4O6/c1-5-16(4)22(30-23(32)19-7-6-12-27-19)25(34)28-20(14-17-8-10-18(31)11-9-17)24(33)29-21(26(35)36)13-15(2)3/h8-11,15-16,19-22,27,31H,5-7,12-14H2,1-4H3,(H,28,34)(H,29,33)(H,30,32)(H,35,36). The molecular weight excluding hydrogens is 464 g/mol.